The van der Waals surface area contributed by atoms with Crippen molar-refractivity contribution in [1.29, 1.82) is 0 Å². The minimum absolute atomic E-state index is 0.0393. The number of anilines is 3. The zero-order valence-electron chi connectivity index (χ0n) is 20.0. The molecule has 2 aromatic rings. The second-order valence-corrected chi connectivity index (χ2v) is 8.86. The van der Waals surface area contributed by atoms with Gasteiger partial charge in [0.05, 0.1) is 5.56 Å². The summed E-state index contributed by atoms with van der Waals surface area (Å²) in [6.07, 6.45) is 1.09. The number of nitrogens with zero attached hydrogens (tertiary/aromatic N) is 7. The van der Waals surface area contributed by atoms with Crippen LogP contribution < -0.4 is 16.4 Å². The predicted molar refractivity (Wildman–Crippen MR) is 126 cm³/mol. The Bertz CT molecular complexity index is 1040. The number of hydrogen-bond acceptors (Lipinski definition) is 10. The summed E-state index contributed by atoms with van der Waals surface area (Å²) in [5, 5.41) is 0. The Kier molecular flexibility index (Phi) is 8.77. The highest BCUT2D eigenvalue weighted by Gasteiger charge is 2.25. The number of ketones is 1. The van der Waals surface area contributed by atoms with E-state index in [1.54, 1.807) is 4.90 Å². The Morgan fingerprint density at radius 1 is 0.971 bits per heavy atom. The molecule has 0 atom stereocenters. The van der Waals surface area contributed by atoms with Crippen LogP contribution in [0.4, 0.5) is 26.6 Å². The van der Waals surface area contributed by atoms with Crippen LogP contribution in [0.2, 0.25) is 0 Å². The standard InChI is InChI=1S/C22H31F2N9O2/c1-13(2)11-14(34)5-3-4-6-16(35)32-7-9-33(10-8-32)22-30-19(29-21(26)31-22)15-12-27-20(25)28-17(15)18(23)24/h12-13,18H,3-11H2,1-2H3,(H2,25,27,28)(H2,26,29,30,31). The summed E-state index contributed by atoms with van der Waals surface area (Å²) in [6.45, 7) is 5.84. The number of Topliss-reactive ketones (excluding diaryl/α,β-unsaturated/α-hetero) is 1. The number of alkyl halides is 2. The molecule has 1 amide bonds. The SMILES string of the molecule is CC(C)CC(=O)CCCCC(=O)N1CCN(c2nc(N)nc(-c3cnc(N)nc3C(F)F)n2)CC1. The molecule has 0 aromatic carbocycles. The number of unbranched alkanes of at least 4 members (excludes halogenated alkanes) is 1. The first-order valence-corrected chi connectivity index (χ1v) is 11.6. The first kappa shape index (κ1) is 26.1. The van der Waals surface area contributed by atoms with Gasteiger partial charge >= 0.3 is 0 Å². The molecular formula is C22H31F2N9O2. The molecular weight excluding hydrogens is 460 g/mol. The molecule has 1 aliphatic rings. The predicted octanol–water partition coefficient (Wildman–Crippen LogP) is 2.25. The van der Waals surface area contributed by atoms with Crippen molar-refractivity contribution < 1.29 is 18.4 Å². The van der Waals surface area contributed by atoms with E-state index in [4.69, 9.17) is 11.5 Å². The zero-order chi connectivity index (χ0) is 25.5. The fourth-order valence-corrected chi connectivity index (χ4v) is 3.86. The van der Waals surface area contributed by atoms with E-state index in [1.807, 2.05) is 18.7 Å². The van der Waals surface area contributed by atoms with Crippen molar-refractivity contribution in [1.82, 2.24) is 29.8 Å². The number of amides is 1. The average Bonchev–Trinajstić information content (AvgIpc) is 2.81. The summed E-state index contributed by atoms with van der Waals surface area (Å²) < 4.78 is 26.9. The largest absolute Gasteiger partial charge is 0.368 e. The molecule has 0 unspecified atom stereocenters. The summed E-state index contributed by atoms with van der Waals surface area (Å²) >= 11 is 0. The minimum Gasteiger partial charge on any atom is -0.368 e. The van der Waals surface area contributed by atoms with Crippen LogP contribution in [0.25, 0.3) is 11.4 Å². The zero-order valence-corrected chi connectivity index (χ0v) is 20.0. The second kappa shape index (κ2) is 11.8. The van der Waals surface area contributed by atoms with E-state index in [2.05, 4.69) is 24.9 Å². The van der Waals surface area contributed by atoms with Crippen molar-refractivity contribution in [3.63, 3.8) is 0 Å². The van der Waals surface area contributed by atoms with Gasteiger partial charge in [-0.1, -0.05) is 13.8 Å². The Morgan fingerprint density at radius 3 is 2.31 bits per heavy atom. The van der Waals surface area contributed by atoms with Gasteiger partial charge in [0.15, 0.2) is 5.82 Å². The third-order valence-corrected chi connectivity index (χ3v) is 5.57. The molecule has 190 valence electrons. The number of carbonyl (C=O) groups excluding carboxylic acids is 2. The van der Waals surface area contributed by atoms with E-state index < -0.39 is 12.1 Å². The van der Waals surface area contributed by atoms with Crippen LogP contribution in [-0.4, -0.2) is 67.7 Å². The van der Waals surface area contributed by atoms with Crippen LogP contribution in [0.3, 0.4) is 0 Å². The maximum Gasteiger partial charge on any atom is 0.281 e. The fourth-order valence-electron chi connectivity index (χ4n) is 3.86. The molecule has 1 fully saturated rings. The molecule has 1 saturated heterocycles. The Balaban J connectivity index is 1.58. The molecule has 35 heavy (non-hydrogen) atoms. The number of rotatable bonds is 10. The lowest BCUT2D eigenvalue weighted by atomic mass is 10.0. The number of piperazine rings is 1. The summed E-state index contributed by atoms with van der Waals surface area (Å²) in [6, 6.07) is 0. The van der Waals surface area contributed by atoms with Gasteiger partial charge < -0.3 is 21.3 Å². The van der Waals surface area contributed by atoms with Gasteiger partial charge in [-0.05, 0) is 18.8 Å². The van der Waals surface area contributed by atoms with Crippen molar-refractivity contribution in [2.75, 3.05) is 42.5 Å². The molecule has 4 N–H and O–H groups in total. The van der Waals surface area contributed by atoms with Gasteiger partial charge in [-0.25, -0.2) is 18.7 Å². The number of nitrogen functional groups attached to an aromatic ring is 2. The van der Waals surface area contributed by atoms with Gasteiger partial charge in [0, 0.05) is 51.6 Å². The van der Waals surface area contributed by atoms with Crippen LogP contribution in [0.15, 0.2) is 6.20 Å². The Hall–Kier alpha value is -3.51. The number of halogens is 2. The van der Waals surface area contributed by atoms with E-state index in [0.717, 1.165) is 6.20 Å². The normalized spacial score (nSPS) is 14.1. The first-order valence-electron chi connectivity index (χ1n) is 11.6. The quantitative estimate of drug-likeness (QED) is 0.472. The molecule has 0 spiro atoms. The van der Waals surface area contributed by atoms with Crippen LogP contribution in [-0.2, 0) is 9.59 Å². The summed E-state index contributed by atoms with van der Waals surface area (Å²) in [7, 11) is 0. The average molecular weight is 492 g/mol. The van der Waals surface area contributed by atoms with E-state index in [0.29, 0.717) is 64.2 Å². The molecule has 0 bridgehead atoms. The maximum absolute atomic E-state index is 13.5. The van der Waals surface area contributed by atoms with Gasteiger partial charge in [-0.15, -0.1) is 0 Å². The highest BCUT2D eigenvalue weighted by Crippen LogP contribution is 2.28. The highest BCUT2D eigenvalue weighted by molar-refractivity contribution is 5.79. The lowest BCUT2D eigenvalue weighted by Gasteiger charge is -2.35. The topological polar surface area (TPSA) is 157 Å². The number of carbonyl (C=O) groups is 2. The molecule has 2 aromatic heterocycles. The van der Waals surface area contributed by atoms with E-state index in [9.17, 15) is 18.4 Å². The van der Waals surface area contributed by atoms with Gasteiger partial charge in [-0.2, -0.15) is 15.0 Å². The van der Waals surface area contributed by atoms with Gasteiger partial charge in [-0.3, -0.25) is 9.59 Å². The first-order chi connectivity index (χ1) is 16.6. The van der Waals surface area contributed by atoms with Crippen LogP contribution in [0.1, 0.15) is 58.1 Å². The summed E-state index contributed by atoms with van der Waals surface area (Å²) in [4.78, 5) is 47.7. The van der Waals surface area contributed by atoms with Crippen molar-refractivity contribution in [3.8, 4) is 11.4 Å². The van der Waals surface area contributed by atoms with E-state index in [-0.39, 0.29) is 40.9 Å². The molecule has 0 radical (unpaired) electrons. The van der Waals surface area contributed by atoms with Crippen molar-refractivity contribution in [2.45, 2.75) is 52.4 Å². The molecule has 13 heteroatoms. The molecule has 11 nitrogen and oxygen atoms in total. The molecule has 1 aliphatic heterocycles. The van der Waals surface area contributed by atoms with Crippen LogP contribution >= 0.6 is 0 Å². The molecule has 0 aliphatic carbocycles. The van der Waals surface area contributed by atoms with Gasteiger partial charge in [0.2, 0.25) is 23.8 Å². The van der Waals surface area contributed by atoms with Gasteiger partial charge in [0.1, 0.15) is 11.5 Å². The minimum atomic E-state index is -2.90. The van der Waals surface area contributed by atoms with Crippen molar-refractivity contribution in [2.24, 2.45) is 5.92 Å². The second-order valence-electron chi connectivity index (χ2n) is 8.86. The highest BCUT2D eigenvalue weighted by atomic mass is 19.3. The van der Waals surface area contributed by atoms with Gasteiger partial charge in [0.25, 0.3) is 6.43 Å². The smallest absolute Gasteiger partial charge is 0.281 e. The monoisotopic (exact) mass is 491 g/mol. The number of aromatic nitrogens is 5. The van der Waals surface area contributed by atoms with E-state index in [1.165, 1.54) is 0 Å². The Morgan fingerprint density at radius 2 is 1.66 bits per heavy atom. The maximum atomic E-state index is 13.5. The lowest BCUT2D eigenvalue weighted by molar-refractivity contribution is -0.131. The van der Waals surface area contributed by atoms with Crippen LogP contribution in [0, 0.1) is 5.92 Å². The van der Waals surface area contributed by atoms with Crippen molar-refractivity contribution in [3.05, 3.63) is 11.9 Å². The summed E-state index contributed by atoms with van der Waals surface area (Å²) in [5.41, 5.74) is 10.6. The molecule has 0 saturated carbocycles. The van der Waals surface area contributed by atoms with Crippen molar-refractivity contribution >= 4 is 29.5 Å². The summed E-state index contributed by atoms with van der Waals surface area (Å²) in [5.74, 6) is 0.360. The fraction of sp³-hybridized carbons (Fsp3) is 0.591. The number of nitrogens with two attached hydrogens (primary N) is 2. The third-order valence-electron chi connectivity index (χ3n) is 5.57. The van der Waals surface area contributed by atoms with E-state index >= 15 is 0 Å². The number of hydrogen-bond donors (Lipinski definition) is 2. The Labute approximate surface area is 202 Å². The third kappa shape index (κ3) is 7.23. The lowest BCUT2D eigenvalue weighted by Crippen LogP contribution is -2.49. The molecule has 3 rings (SSSR count). The van der Waals surface area contributed by atoms with Crippen LogP contribution in [0.5, 0.6) is 0 Å². The molecule has 3 heterocycles.